The SMILES string of the molecule is ClC(Cl)(Cl)c1ccn(-c2ccccc2)n1. The maximum absolute atomic E-state index is 5.71. The minimum atomic E-state index is -1.47. The lowest BCUT2D eigenvalue weighted by atomic mass is 10.3. The third-order valence-corrected chi connectivity index (χ3v) is 2.48. The zero-order valence-electron chi connectivity index (χ0n) is 7.57. The van der Waals surface area contributed by atoms with Crippen LogP contribution < -0.4 is 0 Å². The summed E-state index contributed by atoms with van der Waals surface area (Å²) < 4.78 is 0.192. The van der Waals surface area contributed by atoms with Gasteiger partial charge in [-0.2, -0.15) is 5.10 Å². The van der Waals surface area contributed by atoms with Gasteiger partial charge in [-0.3, -0.25) is 0 Å². The highest BCUT2D eigenvalue weighted by Gasteiger charge is 2.25. The maximum atomic E-state index is 5.71. The predicted molar refractivity (Wildman–Crippen MR) is 62.8 cm³/mol. The molecule has 0 bridgehead atoms. The summed E-state index contributed by atoms with van der Waals surface area (Å²) in [6.45, 7) is 0. The van der Waals surface area contributed by atoms with Crippen molar-refractivity contribution in [2.45, 2.75) is 3.79 Å². The van der Waals surface area contributed by atoms with Gasteiger partial charge in [0.1, 0.15) is 5.69 Å². The van der Waals surface area contributed by atoms with Crippen molar-refractivity contribution in [2.75, 3.05) is 0 Å². The molecule has 0 amide bonds. The highest BCUT2D eigenvalue weighted by atomic mass is 35.6. The Labute approximate surface area is 102 Å². The summed E-state index contributed by atoms with van der Waals surface area (Å²) >= 11 is 17.1. The Kier molecular flexibility index (Phi) is 2.91. The molecular weight excluding hydrogens is 254 g/mol. The monoisotopic (exact) mass is 260 g/mol. The first-order chi connectivity index (χ1) is 7.07. The molecule has 0 aliphatic heterocycles. The fraction of sp³-hybridized carbons (Fsp3) is 0.100. The van der Waals surface area contributed by atoms with E-state index in [0.29, 0.717) is 5.69 Å². The molecule has 78 valence electrons. The molecule has 0 unspecified atom stereocenters. The molecule has 0 fully saturated rings. The van der Waals surface area contributed by atoms with Crippen LogP contribution in [0.15, 0.2) is 42.6 Å². The minimum absolute atomic E-state index is 0.413. The molecule has 1 aromatic carbocycles. The molecule has 2 nitrogen and oxygen atoms in total. The van der Waals surface area contributed by atoms with E-state index in [1.165, 1.54) is 0 Å². The quantitative estimate of drug-likeness (QED) is 0.716. The molecule has 0 spiro atoms. The normalized spacial score (nSPS) is 11.7. The largest absolute Gasteiger partial charge is 0.241 e. The van der Waals surface area contributed by atoms with Crippen molar-refractivity contribution in [2.24, 2.45) is 0 Å². The van der Waals surface area contributed by atoms with Crippen LogP contribution in [0.2, 0.25) is 0 Å². The average molecular weight is 262 g/mol. The van der Waals surface area contributed by atoms with E-state index in [0.717, 1.165) is 5.69 Å². The predicted octanol–water partition coefficient (Wildman–Crippen LogP) is 3.70. The second-order valence-corrected chi connectivity index (χ2v) is 5.26. The lowest BCUT2D eigenvalue weighted by molar-refractivity contribution is 0.847. The van der Waals surface area contributed by atoms with Gasteiger partial charge >= 0.3 is 0 Å². The summed E-state index contributed by atoms with van der Waals surface area (Å²) in [5.74, 6) is 0. The molecule has 2 rings (SSSR count). The molecule has 0 radical (unpaired) electrons. The molecule has 5 heteroatoms. The molecule has 1 heterocycles. The van der Waals surface area contributed by atoms with Gasteiger partial charge in [-0.05, 0) is 18.2 Å². The van der Waals surface area contributed by atoms with Crippen molar-refractivity contribution in [1.82, 2.24) is 9.78 Å². The van der Waals surface area contributed by atoms with Crippen molar-refractivity contribution in [3.8, 4) is 5.69 Å². The zero-order valence-corrected chi connectivity index (χ0v) is 9.84. The topological polar surface area (TPSA) is 17.8 Å². The number of hydrogen-bond donors (Lipinski definition) is 0. The number of benzene rings is 1. The second kappa shape index (κ2) is 4.05. The molecule has 15 heavy (non-hydrogen) atoms. The van der Waals surface area contributed by atoms with Gasteiger partial charge in [0.15, 0.2) is 0 Å². The molecule has 0 aliphatic carbocycles. The van der Waals surface area contributed by atoms with Gasteiger partial charge in [-0.15, -0.1) is 0 Å². The fourth-order valence-electron chi connectivity index (χ4n) is 1.20. The first-order valence-corrected chi connectivity index (χ1v) is 5.39. The van der Waals surface area contributed by atoms with Crippen LogP contribution in [0.25, 0.3) is 5.69 Å². The van der Waals surface area contributed by atoms with E-state index in [4.69, 9.17) is 34.8 Å². The van der Waals surface area contributed by atoms with Crippen LogP contribution in [0.1, 0.15) is 5.69 Å². The first kappa shape index (κ1) is 10.8. The number of rotatable bonds is 1. The number of aromatic nitrogens is 2. The Bertz CT molecular complexity index is 445. The Hall–Kier alpha value is -0.700. The number of nitrogens with zero attached hydrogens (tertiary/aromatic N) is 2. The Balaban J connectivity index is 2.37. The zero-order chi connectivity index (χ0) is 10.9. The molecule has 0 atom stereocenters. The summed E-state index contributed by atoms with van der Waals surface area (Å²) in [6.07, 6.45) is 1.76. The van der Waals surface area contributed by atoms with Gasteiger partial charge in [0, 0.05) is 6.20 Å². The molecule has 0 aliphatic rings. The van der Waals surface area contributed by atoms with Crippen LogP contribution in [-0.2, 0) is 3.79 Å². The van der Waals surface area contributed by atoms with Crippen LogP contribution in [0, 0.1) is 0 Å². The summed E-state index contributed by atoms with van der Waals surface area (Å²) in [6, 6.07) is 11.3. The summed E-state index contributed by atoms with van der Waals surface area (Å²) in [5, 5.41) is 4.17. The highest BCUT2D eigenvalue weighted by molar-refractivity contribution is 6.66. The number of halogens is 3. The van der Waals surface area contributed by atoms with Crippen molar-refractivity contribution >= 4 is 34.8 Å². The lowest BCUT2D eigenvalue weighted by Gasteiger charge is -2.06. The van der Waals surface area contributed by atoms with E-state index < -0.39 is 3.79 Å². The Morgan fingerprint density at radius 1 is 1.00 bits per heavy atom. The summed E-state index contributed by atoms with van der Waals surface area (Å²) in [5.41, 5.74) is 1.34. The van der Waals surface area contributed by atoms with E-state index in [1.807, 2.05) is 30.3 Å². The number of hydrogen-bond acceptors (Lipinski definition) is 1. The van der Waals surface area contributed by atoms with Crippen LogP contribution in [0.5, 0.6) is 0 Å². The summed E-state index contributed by atoms with van der Waals surface area (Å²) in [7, 11) is 0. The van der Waals surface area contributed by atoms with E-state index in [1.54, 1.807) is 16.9 Å². The minimum Gasteiger partial charge on any atom is -0.241 e. The van der Waals surface area contributed by atoms with Crippen LogP contribution >= 0.6 is 34.8 Å². The smallest absolute Gasteiger partial charge is 0.234 e. The summed E-state index contributed by atoms with van der Waals surface area (Å²) in [4.78, 5) is 0. The number of alkyl halides is 3. The molecule has 0 saturated carbocycles. The van der Waals surface area contributed by atoms with Gasteiger partial charge in [0.25, 0.3) is 0 Å². The fourth-order valence-corrected chi connectivity index (χ4v) is 1.50. The Morgan fingerprint density at radius 3 is 2.20 bits per heavy atom. The van der Waals surface area contributed by atoms with E-state index in [2.05, 4.69) is 5.10 Å². The van der Waals surface area contributed by atoms with E-state index >= 15 is 0 Å². The standard InChI is InChI=1S/C10H7Cl3N2/c11-10(12,13)9-6-7-15(14-9)8-4-2-1-3-5-8/h1-7H. The lowest BCUT2D eigenvalue weighted by Crippen LogP contribution is -2.03. The van der Waals surface area contributed by atoms with E-state index in [-0.39, 0.29) is 0 Å². The highest BCUT2D eigenvalue weighted by Crippen LogP contribution is 2.36. The maximum Gasteiger partial charge on any atom is 0.234 e. The van der Waals surface area contributed by atoms with Crippen molar-refractivity contribution in [3.05, 3.63) is 48.3 Å². The van der Waals surface area contributed by atoms with Crippen LogP contribution in [-0.4, -0.2) is 9.78 Å². The van der Waals surface area contributed by atoms with Crippen molar-refractivity contribution < 1.29 is 0 Å². The molecule has 1 aromatic heterocycles. The van der Waals surface area contributed by atoms with Crippen molar-refractivity contribution in [1.29, 1.82) is 0 Å². The molecule has 0 saturated heterocycles. The second-order valence-electron chi connectivity index (χ2n) is 2.98. The van der Waals surface area contributed by atoms with E-state index in [9.17, 15) is 0 Å². The van der Waals surface area contributed by atoms with Gasteiger partial charge in [0.05, 0.1) is 5.69 Å². The Morgan fingerprint density at radius 2 is 1.67 bits per heavy atom. The third-order valence-electron chi connectivity index (χ3n) is 1.90. The number of para-hydroxylation sites is 1. The van der Waals surface area contributed by atoms with Gasteiger partial charge in [-0.1, -0.05) is 53.0 Å². The average Bonchev–Trinajstić information content (AvgIpc) is 2.67. The van der Waals surface area contributed by atoms with Gasteiger partial charge in [0.2, 0.25) is 3.79 Å². The van der Waals surface area contributed by atoms with Crippen molar-refractivity contribution in [3.63, 3.8) is 0 Å². The first-order valence-electron chi connectivity index (χ1n) is 4.26. The molecule has 2 aromatic rings. The van der Waals surface area contributed by atoms with Gasteiger partial charge < -0.3 is 0 Å². The molecular formula is C10H7Cl3N2. The molecule has 0 N–H and O–H groups in total. The third kappa shape index (κ3) is 2.46. The van der Waals surface area contributed by atoms with Gasteiger partial charge in [-0.25, -0.2) is 4.68 Å². The van der Waals surface area contributed by atoms with Crippen LogP contribution in [0.3, 0.4) is 0 Å². The van der Waals surface area contributed by atoms with Crippen LogP contribution in [0.4, 0.5) is 0 Å².